The van der Waals surface area contributed by atoms with Crippen LogP contribution in [-0.4, -0.2) is 14.2 Å². The maximum Gasteiger partial charge on any atom is 0.302 e. The lowest BCUT2D eigenvalue weighted by Gasteiger charge is -2.01. The Morgan fingerprint density at radius 1 is 1.07 bits per heavy atom. The van der Waals surface area contributed by atoms with Gasteiger partial charge in [-0.15, -0.1) is 3.89 Å². The van der Waals surface area contributed by atoms with Crippen LogP contribution in [0, 0.1) is 17.5 Å². The Kier molecular flexibility index (Phi) is 3.33. The summed E-state index contributed by atoms with van der Waals surface area (Å²) in [6.07, 6.45) is -0.410. The van der Waals surface area contributed by atoms with E-state index in [-0.39, 0.29) is 5.56 Å². The molecular formula is C8H6F4O2S. The first-order valence-corrected chi connectivity index (χ1v) is 5.40. The van der Waals surface area contributed by atoms with E-state index in [0.29, 0.717) is 12.1 Å². The van der Waals surface area contributed by atoms with Crippen molar-refractivity contribution in [2.45, 2.75) is 6.42 Å². The van der Waals surface area contributed by atoms with E-state index in [9.17, 15) is 25.5 Å². The van der Waals surface area contributed by atoms with Gasteiger partial charge in [-0.3, -0.25) is 0 Å². The van der Waals surface area contributed by atoms with E-state index >= 15 is 0 Å². The van der Waals surface area contributed by atoms with Gasteiger partial charge in [-0.25, -0.2) is 13.2 Å². The van der Waals surface area contributed by atoms with Gasteiger partial charge in [0.1, 0.15) is 0 Å². The van der Waals surface area contributed by atoms with Crippen molar-refractivity contribution >= 4 is 10.2 Å². The lowest BCUT2D eigenvalue weighted by atomic mass is 10.1. The standard InChI is InChI=1S/C8H6F4O2S/c9-6-3-5(1-2-15(12,13)14)4-7(10)8(6)11/h3-4H,1-2H2. The van der Waals surface area contributed by atoms with Crippen molar-refractivity contribution in [3.8, 4) is 0 Å². The summed E-state index contributed by atoms with van der Waals surface area (Å²) in [7, 11) is -4.70. The molecule has 0 spiro atoms. The number of benzene rings is 1. The highest BCUT2D eigenvalue weighted by Crippen LogP contribution is 2.14. The highest BCUT2D eigenvalue weighted by molar-refractivity contribution is 7.86. The summed E-state index contributed by atoms with van der Waals surface area (Å²) in [5.74, 6) is -5.39. The topological polar surface area (TPSA) is 34.1 Å². The van der Waals surface area contributed by atoms with E-state index in [2.05, 4.69) is 0 Å². The number of halogens is 4. The van der Waals surface area contributed by atoms with Crippen LogP contribution in [0.2, 0.25) is 0 Å². The Hall–Kier alpha value is -1.11. The first kappa shape index (κ1) is 12.0. The molecule has 7 heteroatoms. The zero-order valence-electron chi connectivity index (χ0n) is 7.31. The Labute approximate surface area is 83.7 Å². The van der Waals surface area contributed by atoms with E-state index < -0.39 is 39.8 Å². The molecule has 0 aliphatic heterocycles. The maximum absolute atomic E-state index is 12.6. The van der Waals surface area contributed by atoms with Crippen LogP contribution >= 0.6 is 0 Å². The second-order valence-electron chi connectivity index (χ2n) is 2.87. The molecule has 84 valence electrons. The molecule has 0 fully saturated rings. The zero-order chi connectivity index (χ0) is 11.6. The minimum atomic E-state index is -4.70. The average Bonchev–Trinajstić information content (AvgIpc) is 2.09. The third kappa shape index (κ3) is 3.50. The number of hydrogen-bond donors (Lipinski definition) is 0. The summed E-state index contributed by atoms with van der Waals surface area (Å²) in [5, 5.41) is 0. The van der Waals surface area contributed by atoms with E-state index in [1.165, 1.54) is 0 Å². The predicted octanol–water partition coefficient (Wildman–Crippen LogP) is 1.95. The summed E-state index contributed by atoms with van der Waals surface area (Å²) in [4.78, 5) is 0. The third-order valence-corrected chi connectivity index (χ3v) is 2.37. The molecule has 0 N–H and O–H groups in total. The molecule has 15 heavy (non-hydrogen) atoms. The van der Waals surface area contributed by atoms with Crippen LogP contribution < -0.4 is 0 Å². The van der Waals surface area contributed by atoms with Crippen LogP contribution in [0.4, 0.5) is 17.1 Å². The predicted molar refractivity (Wildman–Crippen MR) is 44.9 cm³/mol. The van der Waals surface area contributed by atoms with Gasteiger partial charge in [0.05, 0.1) is 5.75 Å². The maximum atomic E-state index is 12.6. The molecule has 0 aromatic heterocycles. The normalized spacial score (nSPS) is 11.7. The lowest BCUT2D eigenvalue weighted by molar-refractivity contribution is 0.445. The molecule has 0 atom stereocenters. The Morgan fingerprint density at radius 3 is 1.93 bits per heavy atom. The van der Waals surface area contributed by atoms with Gasteiger partial charge in [0.25, 0.3) is 0 Å². The van der Waals surface area contributed by atoms with Gasteiger partial charge in [0.2, 0.25) is 0 Å². The van der Waals surface area contributed by atoms with E-state index in [4.69, 9.17) is 0 Å². The fraction of sp³-hybridized carbons (Fsp3) is 0.250. The molecule has 1 aromatic rings. The highest BCUT2D eigenvalue weighted by Gasteiger charge is 2.13. The van der Waals surface area contributed by atoms with Gasteiger partial charge < -0.3 is 0 Å². The molecule has 1 aromatic carbocycles. The van der Waals surface area contributed by atoms with Crippen molar-refractivity contribution in [2.24, 2.45) is 0 Å². The lowest BCUT2D eigenvalue weighted by Crippen LogP contribution is -2.03. The summed E-state index contributed by atoms with van der Waals surface area (Å²) in [6, 6.07) is 1.26. The summed E-state index contributed by atoms with van der Waals surface area (Å²) < 4.78 is 69.9. The van der Waals surface area contributed by atoms with Crippen LogP contribution in [0.3, 0.4) is 0 Å². The van der Waals surface area contributed by atoms with Gasteiger partial charge in [-0.1, -0.05) is 0 Å². The van der Waals surface area contributed by atoms with Gasteiger partial charge in [0.15, 0.2) is 17.5 Å². The summed E-state index contributed by atoms with van der Waals surface area (Å²) >= 11 is 0. The molecule has 0 unspecified atom stereocenters. The van der Waals surface area contributed by atoms with E-state index in [1.54, 1.807) is 0 Å². The quantitative estimate of drug-likeness (QED) is 0.461. The minimum absolute atomic E-state index is 0.118. The van der Waals surface area contributed by atoms with Crippen molar-refractivity contribution in [1.82, 2.24) is 0 Å². The molecule has 0 amide bonds. The third-order valence-electron chi connectivity index (χ3n) is 1.68. The Balaban J connectivity index is 2.89. The molecule has 0 heterocycles. The van der Waals surface area contributed by atoms with Crippen molar-refractivity contribution in [2.75, 3.05) is 5.75 Å². The highest BCUT2D eigenvalue weighted by atomic mass is 32.3. The second kappa shape index (κ2) is 4.18. The molecule has 1 rings (SSSR count). The second-order valence-corrected chi connectivity index (χ2v) is 4.35. The van der Waals surface area contributed by atoms with Crippen LogP contribution in [0.5, 0.6) is 0 Å². The van der Waals surface area contributed by atoms with E-state index in [1.807, 2.05) is 0 Å². The van der Waals surface area contributed by atoms with Crippen LogP contribution in [-0.2, 0) is 16.6 Å². The fourth-order valence-electron chi connectivity index (χ4n) is 0.992. The van der Waals surface area contributed by atoms with Crippen LogP contribution in [0.15, 0.2) is 12.1 Å². The molecule has 2 nitrogen and oxygen atoms in total. The fourth-order valence-corrected chi connectivity index (χ4v) is 1.47. The monoisotopic (exact) mass is 242 g/mol. The van der Waals surface area contributed by atoms with Crippen molar-refractivity contribution in [3.05, 3.63) is 35.1 Å². The molecule has 0 aliphatic carbocycles. The summed E-state index contributed by atoms with van der Waals surface area (Å²) in [5.41, 5.74) is -0.118. The molecule has 0 radical (unpaired) electrons. The number of aryl methyl sites for hydroxylation is 1. The number of hydrogen-bond acceptors (Lipinski definition) is 2. The SMILES string of the molecule is O=S(=O)(F)CCc1cc(F)c(F)c(F)c1. The van der Waals surface area contributed by atoms with Gasteiger partial charge in [-0.05, 0) is 24.1 Å². The number of rotatable bonds is 3. The van der Waals surface area contributed by atoms with Crippen LogP contribution in [0.1, 0.15) is 5.56 Å². The molecule has 0 aliphatic rings. The van der Waals surface area contributed by atoms with Crippen molar-refractivity contribution in [3.63, 3.8) is 0 Å². The first-order valence-electron chi connectivity index (χ1n) is 3.85. The zero-order valence-corrected chi connectivity index (χ0v) is 8.12. The Morgan fingerprint density at radius 2 is 1.53 bits per heavy atom. The van der Waals surface area contributed by atoms with Crippen molar-refractivity contribution in [1.29, 1.82) is 0 Å². The van der Waals surface area contributed by atoms with Gasteiger partial charge in [-0.2, -0.15) is 8.42 Å². The van der Waals surface area contributed by atoms with Crippen molar-refractivity contribution < 1.29 is 25.5 Å². The largest absolute Gasteiger partial charge is 0.302 e. The van der Waals surface area contributed by atoms with Gasteiger partial charge in [0, 0.05) is 0 Å². The smallest absolute Gasteiger partial charge is 0.204 e. The molecule has 0 saturated carbocycles. The van der Waals surface area contributed by atoms with Crippen LogP contribution in [0.25, 0.3) is 0 Å². The molecule has 0 bridgehead atoms. The molecular weight excluding hydrogens is 236 g/mol. The average molecular weight is 242 g/mol. The molecule has 0 saturated heterocycles. The summed E-state index contributed by atoms with van der Waals surface area (Å²) in [6.45, 7) is 0. The minimum Gasteiger partial charge on any atom is -0.204 e. The van der Waals surface area contributed by atoms with Gasteiger partial charge >= 0.3 is 10.2 Å². The first-order chi connectivity index (χ1) is 6.79. The van der Waals surface area contributed by atoms with E-state index in [0.717, 1.165) is 0 Å². The Bertz CT molecular complexity index is 447.